The average molecular weight is 250 g/mol. The van der Waals surface area contributed by atoms with Crippen LogP contribution in [0.4, 0.5) is 0 Å². The number of fused-ring (bicyclic) bond motifs is 1. The van der Waals surface area contributed by atoms with Crippen LogP contribution in [0.1, 0.15) is 60.6 Å². The Morgan fingerprint density at radius 2 is 2.18 bits per heavy atom. The van der Waals surface area contributed by atoms with Gasteiger partial charge in [0.25, 0.3) is 0 Å². The summed E-state index contributed by atoms with van der Waals surface area (Å²) in [7, 11) is 0. The zero-order valence-corrected chi connectivity index (χ0v) is 11.5. The van der Waals surface area contributed by atoms with Gasteiger partial charge in [0.05, 0.1) is 11.7 Å². The van der Waals surface area contributed by atoms with Crippen molar-refractivity contribution in [1.29, 1.82) is 0 Å². The van der Waals surface area contributed by atoms with Crippen LogP contribution in [0.2, 0.25) is 0 Å². The Kier molecular flexibility index (Phi) is 3.48. The largest absolute Gasteiger partial charge is 0.308 e. The van der Waals surface area contributed by atoms with Gasteiger partial charge < -0.3 is 5.32 Å². The molecule has 1 atom stereocenters. The fourth-order valence-corrected chi connectivity index (χ4v) is 4.01. The summed E-state index contributed by atoms with van der Waals surface area (Å²) in [6.45, 7) is 3.37. The van der Waals surface area contributed by atoms with Crippen molar-refractivity contribution in [1.82, 2.24) is 10.3 Å². The summed E-state index contributed by atoms with van der Waals surface area (Å²) in [5.41, 5.74) is 1.42. The second-order valence-electron chi connectivity index (χ2n) is 5.40. The molecule has 1 heterocycles. The molecule has 1 saturated carbocycles. The molecule has 94 valence electrons. The summed E-state index contributed by atoms with van der Waals surface area (Å²) in [4.78, 5) is 6.50. The van der Waals surface area contributed by atoms with Gasteiger partial charge in [0, 0.05) is 4.88 Å². The number of thiazole rings is 1. The van der Waals surface area contributed by atoms with Crippen LogP contribution >= 0.6 is 11.3 Å². The lowest BCUT2D eigenvalue weighted by molar-refractivity contribution is 0.478. The Hall–Kier alpha value is -0.410. The molecule has 1 fully saturated rings. The third-order valence-electron chi connectivity index (χ3n) is 3.84. The number of aromatic nitrogens is 1. The predicted molar refractivity (Wildman–Crippen MR) is 72.5 cm³/mol. The van der Waals surface area contributed by atoms with Crippen molar-refractivity contribution in [2.75, 3.05) is 6.54 Å². The fourth-order valence-electron chi connectivity index (χ4n) is 2.69. The van der Waals surface area contributed by atoms with Gasteiger partial charge in [-0.3, -0.25) is 0 Å². The quantitative estimate of drug-likeness (QED) is 0.865. The van der Waals surface area contributed by atoms with Crippen LogP contribution in [0.5, 0.6) is 0 Å². The molecule has 0 amide bonds. The number of aryl methyl sites for hydroxylation is 2. The Morgan fingerprint density at radius 1 is 1.35 bits per heavy atom. The van der Waals surface area contributed by atoms with Crippen molar-refractivity contribution in [3.8, 4) is 0 Å². The normalized spacial score (nSPS) is 21.2. The first kappa shape index (κ1) is 11.7. The molecule has 0 radical (unpaired) electrons. The molecule has 3 heteroatoms. The molecule has 0 bridgehead atoms. The monoisotopic (exact) mass is 250 g/mol. The van der Waals surface area contributed by atoms with Gasteiger partial charge in [0.1, 0.15) is 5.01 Å². The highest BCUT2D eigenvalue weighted by atomic mass is 32.1. The molecule has 0 saturated heterocycles. The Balaban J connectivity index is 1.77. The summed E-state index contributed by atoms with van der Waals surface area (Å²) >= 11 is 1.99. The molecule has 0 aromatic carbocycles. The van der Waals surface area contributed by atoms with Crippen LogP contribution in [-0.2, 0) is 12.8 Å². The first-order valence-corrected chi connectivity index (χ1v) is 7.92. The highest BCUT2D eigenvalue weighted by Gasteiger charge is 2.34. The number of hydrogen-bond acceptors (Lipinski definition) is 3. The van der Waals surface area contributed by atoms with E-state index >= 15 is 0 Å². The zero-order valence-electron chi connectivity index (χ0n) is 10.7. The van der Waals surface area contributed by atoms with Crippen LogP contribution in [0, 0.1) is 5.92 Å². The van der Waals surface area contributed by atoms with Crippen molar-refractivity contribution >= 4 is 11.3 Å². The van der Waals surface area contributed by atoms with Gasteiger partial charge in [0.15, 0.2) is 0 Å². The zero-order chi connectivity index (χ0) is 11.7. The van der Waals surface area contributed by atoms with Gasteiger partial charge >= 0.3 is 0 Å². The Morgan fingerprint density at radius 3 is 2.88 bits per heavy atom. The summed E-state index contributed by atoms with van der Waals surface area (Å²) < 4.78 is 0. The van der Waals surface area contributed by atoms with E-state index in [1.807, 2.05) is 11.3 Å². The van der Waals surface area contributed by atoms with Crippen LogP contribution < -0.4 is 5.32 Å². The molecule has 0 aliphatic heterocycles. The minimum absolute atomic E-state index is 0.561. The molecule has 2 aliphatic rings. The maximum atomic E-state index is 4.92. The van der Waals surface area contributed by atoms with Gasteiger partial charge in [-0.1, -0.05) is 6.92 Å². The lowest BCUT2D eigenvalue weighted by atomic mass is 10.0. The van der Waals surface area contributed by atoms with E-state index in [0.29, 0.717) is 6.04 Å². The number of hydrogen-bond donors (Lipinski definition) is 1. The van der Waals surface area contributed by atoms with E-state index in [1.54, 1.807) is 4.88 Å². The van der Waals surface area contributed by atoms with E-state index in [-0.39, 0.29) is 0 Å². The first-order valence-electron chi connectivity index (χ1n) is 7.10. The van der Waals surface area contributed by atoms with Gasteiger partial charge in [-0.05, 0) is 57.4 Å². The van der Waals surface area contributed by atoms with E-state index in [2.05, 4.69) is 12.2 Å². The van der Waals surface area contributed by atoms with Gasteiger partial charge in [-0.25, -0.2) is 4.98 Å². The van der Waals surface area contributed by atoms with Crippen LogP contribution in [0.15, 0.2) is 0 Å². The predicted octanol–water partition coefficient (Wildman–Crippen LogP) is 3.47. The molecule has 1 aromatic rings. The minimum atomic E-state index is 0.561. The molecule has 3 rings (SSSR count). The maximum Gasteiger partial charge on any atom is 0.110 e. The Labute approximate surface area is 108 Å². The van der Waals surface area contributed by atoms with Gasteiger partial charge in [-0.15, -0.1) is 11.3 Å². The van der Waals surface area contributed by atoms with Crippen molar-refractivity contribution < 1.29 is 0 Å². The summed E-state index contributed by atoms with van der Waals surface area (Å²) in [5.74, 6) is 0.870. The topological polar surface area (TPSA) is 24.9 Å². The molecular formula is C14H22N2S. The molecule has 17 heavy (non-hydrogen) atoms. The van der Waals surface area contributed by atoms with E-state index in [0.717, 1.165) is 12.5 Å². The van der Waals surface area contributed by atoms with Gasteiger partial charge in [0.2, 0.25) is 0 Å². The van der Waals surface area contributed by atoms with Crippen LogP contribution in [0.3, 0.4) is 0 Å². The first-order chi connectivity index (χ1) is 8.38. The molecule has 2 nitrogen and oxygen atoms in total. The summed E-state index contributed by atoms with van der Waals surface area (Å²) in [6, 6.07) is 0.561. The van der Waals surface area contributed by atoms with Crippen LogP contribution in [0.25, 0.3) is 0 Å². The fraction of sp³-hybridized carbons (Fsp3) is 0.786. The molecule has 0 spiro atoms. The summed E-state index contributed by atoms with van der Waals surface area (Å²) in [5, 5.41) is 5.09. The lowest BCUT2D eigenvalue weighted by Crippen LogP contribution is -2.23. The minimum Gasteiger partial charge on any atom is -0.308 e. The maximum absolute atomic E-state index is 4.92. The smallest absolute Gasteiger partial charge is 0.110 e. The third-order valence-corrected chi connectivity index (χ3v) is 5.08. The van der Waals surface area contributed by atoms with E-state index in [9.17, 15) is 0 Å². The van der Waals surface area contributed by atoms with Crippen molar-refractivity contribution in [3.05, 3.63) is 15.6 Å². The summed E-state index contributed by atoms with van der Waals surface area (Å²) in [6.07, 6.45) is 9.21. The second kappa shape index (κ2) is 5.07. The Bertz CT molecular complexity index is 358. The molecule has 2 aliphatic carbocycles. The average Bonchev–Trinajstić information content (AvgIpc) is 3.09. The molecular weight excluding hydrogens is 228 g/mol. The SMILES string of the molecule is CCCNC(c1nc2c(s1)CCCC2)C1CC1. The standard InChI is InChI=1S/C14H22N2S/c1-2-9-15-13(10-7-8-10)14-16-11-5-3-4-6-12(11)17-14/h10,13,15H,2-9H2,1H3. The van der Waals surface area contributed by atoms with E-state index in [1.165, 1.54) is 55.6 Å². The number of nitrogens with one attached hydrogen (secondary N) is 1. The van der Waals surface area contributed by atoms with Crippen molar-refractivity contribution in [2.24, 2.45) is 5.92 Å². The number of rotatable bonds is 5. The van der Waals surface area contributed by atoms with Crippen LogP contribution in [-0.4, -0.2) is 11.5 Å². The molecule has 1 unspecified atom stereocenters. The van der Waals surface area contributed by atoms with E-state index in [4.69, 9.17) is 4.98 Å². The van der Waals surface area contributed by atoms with Crippen molar-refractivity contribution in [2.45, 2.75) is 57.9 Å². The molecule has 1 N–H and O–H groups in total. The van der Waals surface area contributed by atoms with Crippen molar-refractivity contribution in [3.63, 3.8) is 0 Å². The third kappa shape index (κ3) is 2.55. The highest BCUT2D eigenvalue weighted by Crippen LogP contribution is 2.43. The van der Waals surface area contributed by atoms with E-state index < -0.39 is 0 Å². The lowest BCUT2D eigenvalue weighted by Gasteiger charge is -2.14. The molecule has 1 aromatic heterocycles. The van der Waals surface area contributed by atoms with Gasteiger partial charge in [-0.2, -0.15) is 0 Å². The second-order valence-corrected chi connectivity index (χ2v) is 6.51. The highest BCUT2D eigenvalue weighted by molar-refractivity contribution is 7.11. The number of nitrogens with zero attached hydrogens (tertiary/aromatic N) is 1.